The summed E-state index contributed by atoms with van der Waals surface area (Å²) in [5.74, 6) is 0.362. The second kappa shape index (κ2) is 5.18. The van der Waals surface area contributed by atoms with Crippen molar-refractivity contribution in [1.29, 1.82) is 0 Å². The molecule has 1 unspecified atom stereocenters. The highest BCUT2D eigenvalue weighted by Crippen LogP contribution is 2.25. The van der Waals surface area contributed by atoms with E-state index in [-0.39, 0.29) is 19.6 Å². The van der Waals surface area contributed by atoms with Gasteiger partial charge in [0.05, 0.1) is 6.26 Å². The fraction of sp³-hybridized carbons (Fsp3) is 0.556. The van der Waals surface area contributed by atoms with Crippen molar-refractivity contribution in [3.63, 3.8) is 0 Å². The molecule has 0 aromatic carbocycles. The third kappa shape index (κ3) is 3.93. The largest absolute Gasteiger partial charge is 0.467 e. The summed E-state index contributed by atoms with van der Waals surface area (Å²) in [5.41, 5.74) is 5.07. The van der Waals surface area contributed by atoms with Crippen LogP contribution >= 0.6 is 0 Å². The molecule has 86 valence electrons. The van der Waals surface area contributed by atoms with Gasteiger partial charge in [0.1, 0.15) is 12.4 Å². The molecule has 6 heteroatoms. The van der Waals surface area contributed by atoms with Crippen LogP contribution in [0.1, 0.15) is 12.2 Å². The predicted octanol–water partition coefficient (Wildman–Crippen LogP) is 2.08. The van der Waals surface area contributed by atoms with Crippen molar-refractivity contribution >= 4 is 0 Å². The lowest BCUT2D eigenvalue weighted by Gasteiger charge is -2.19. The Hall–Kier alpha value is -1.01. The van der Waals surface area contributed by atoms with Gasteiger partial charge in [-0.3, -0.25) is 0 Å². The Bertz CT molecular complexity index is 271. The highest BCUT2D eigenvalue weighted by atomic mass is 19.4. The van der Waals surface area contributed by atoms with Gasteiger partial charge in [-0.1, -0.05) is 0 Å². The third-order valence-corrected chi connectivity index (χ3v) is 1.80. The van der Waals surface area contributed by atoms with E-state index in [9.17, 15) is 13.2 Å². The fourth-order valence-corrected chi connectivity index (χ4v) is 1.07. The zero-order chi connectivity index (χ0) is 11.3. The first-order valence-electron chi connectivity index (χ1n) is 4.45. The van der Waals surface area contributed by atoms with E-state index < -0.39 is 12.3 Å². The number of hydrogen-bond donors (Lipinski definition) is 1. The van der Waals surface area contributed by atoms with Crippen molar-refractivity contribution in [3.05, 3.63) is 24.2 Å². The summed E-state index contributed by atoms with van der Waals surface area (Å²) >= 11 is 0. The highest BCUT2D eigenvalue weighted by molar-refractivity contribution is 4.96. The maximum absolute atomic E-state index is 12.3. The van der Waals surface area contributed by atoms with Crippen molar-refractivity contribution in [2.24, 2.45) is 5.73 Å². The third-order valence-electron chi connectivity index (χ3n) is 1.80. The average molecular weight is 223 g/mol. The molecule has 0 radical (unpaired) electrons. The Morgan fingerprint density at radius 3 is 2.67 bits per heavy atom. The van der Waals surface area contributed by atoms with E-state index in [4.69, 9.17) is 14.9 Å². The molecule has 3 nitrogen and oxygen atoms in total. The molecule has 1 heterocycles. The molecule has 1 atom stereocenters. The lowest BCUT2D eigenvalue weighted by Crippen LogP contribution is -2.33. The quantitative estimate of drug-likeness (QED) is 0.831. The maximum atomic E-state index is 12.3. The van der Waals surface area contributed by atoms with Gasteiger partial charge in [-0.05, 0) is 25.1 Å². The van der Waals surface area contributed by atoms with Crippen molar-refractivity contribution < 1.29 is 22.3 Å². The van der Waals surface area contributed by atoms with Crippen molar-refractivity contribution in [1.82, 2.24) is 0 Å². The number of hydrogen-bond acceptors (Lipinski definition) is 3. The number of alkyl halides is 3. The van der Waals surface area contributed by atoms with Crippen LogP contribution in [0.25, 0.3) is 0 Å². The van der Waals surface area contributed by atoms with Crippen LogP contribution in [0.4, 0.5) is 13.2 Å². The minimum absolute atomic E-state index is 0.0671. The van der Waals surface area contributed by atoms with Crippen LogP contribution in [0.5, 0.6) is 0 Å². The number of nitrogens with two attached hydrogens (primary N) is 1. The molecule has 0 aliphatic rings. The number of halogens is 3. The van der Waals surface area contributed by atoms with E-state index in [1.54, 1.807) is 12.1 Å². The predicted molar refractivity (Wildman–Crippen MR) is 47.0 cm³/mol. The van der Waals surface area contributed by atoms with Gasteiger partial charge in [0.2, 0.25) is 0 Å². The Labute approximate surface area is 85.0 Å². The Morgan fingerprint density at radius 2 is 2.20 bits per heavy atom. The fourth-order valence-electron chi connectivity index (χ4n) is 1.07. The molecular formula is C9H12F3NO2. The molecule has 0 amide bonds. The molecule has 0 saturated heterocycles. The summed E-state index contributed by atoms with van der Waals surface area (Å²) < 4.78 is 46.5. The minimum atomic E-state index is -4.38. The molecule has 0 aliphatic carbocycles. The first-order valence-corrected chi connectivity index (χ1v) is 4.45. The molecule has 0 saturated carbocycles. The van der Waals surface area contributed by atoms with E-state index in [0.717, 1.165) is 0 Å². The van der Waals surface area contributed by atoms with Crippen LogP contribution in [0.2, 0.25) is 0 Å². The summed E-state index contributed by atoms with van der Waals surface area (Å²) in [5, 5.41) is 0. The summed E-state index contributed by atoms with van der Waals surface area (Å²) in [6.07, 6.45) is -5.08. The van der Waals surface area contributed by atoms with Gasteiger partial charge < -0.3 is 14.9 Å². The molecule has 1 rings (SSSR count). The molecule has 0 bridgehead atoms. The average Bonchev–Trinajstić information content (AvgIpc) is 2.62. The number of rotatable bonds is 5. The Balaban J connectivity index is 2.45. The second-order valence-electron chi connectivity index (χ2n) is 3.00. The van der Waals surface area contributed by atoms with Crippen molar-refractivity contribution in [2.45, 2.75) is 25.3 Å². The van der Waals surface area contributed by atoms with Gasteiger partial charge in [0, 0.05) is 0 Å². The SMILES string of the molecule is NCCC(OCc1ccco1)C(F)(F)F. The minimum Gasteiger partial charge on any atom is -0.467 e. The van der Waals surface area contributed by atoms with E-state index >= 15 is 0 Å². The van der Waals surface area contributed by atoms with E-state index in [2.05, 4.69) is 0 Å². The molecule has 0 fully saturated rings. The Morgan fingerprint density at radius 1 is 1.47 bits per heavy atom. The van der Waals surface area contributed by atoms with Gasteiger partial charge in [0.25, 0.3) is 0 Å². The first kappa shape index (κ1) is 12.1. The van der Waals surface area contributed by atoms with Crippen LogP contribution in [-0.4, -0.2) is 18.8 Å². The van der Waals surface area contributed by atoms with E-state index in [1.165, 1.54) is 6.26 Å². The smallest absolute Gasteiger partial charge is 0.414 e. The second-order valence-corrected chi connectivity index (χ2v) is 3.00. The van der Waals surface area contributed by atoms with Gasteiger partial charge >= 0.3 is 6.18 Å². The standard InChI is InChI=1S/C9H12F3NO2/c10-9(11,12)8(3-4-13)15-6-7-2-1-5-14-7/h1-2,5,8H,3-4,6,13H2. The Kier molecular flexibility index (Phi) is 4.16. The lowest BCUT2D eigenvalue weighted by atomic mass is 10.2. The molecule has 1 aromatic rings. The van der Waals surface area contributed by atoms with Crippen LogP contribution in [0, 0.1) is 0 Å². The van der Waals surface area contributed by atoms with E-state index in [1.807, 2.05) is 0 Å². The molecule has 2 N–H and O–H groups in total. The number of ether oxygens (including phenoxy) is 1. The molecule has 0 aliphatic heterocycles. The summed E-state index contributed by atoms with van der Waals surface area (Å²) in [7, 11) is 0. The van der Waals surface area contributed by atoms with E-state index in [0.29, 0.717) is 5.76 Å². The summed E-state index contributed by atoms with van der Waals surface area (Å²) in [6, 6.07) is 3.14. The van der Waals surface area contributed by atoms with Crippen LogP contribution in [0.3, 0.4) is 0 Å². The van der Waals surface area contributed by atoms with Gasteiger partial charge in [0.15, 0.2) is 6.10 Å². The molecule has 0 spiro atoms. The van der Waals surface area contributed by atoms with Gasteiger partial charge in [-0.25, -0.2) is 0 Å². The molecular weight excluding hydrogens is 211 g/mol. The lowest BCUT2D eigenvalue weighted by molar-refractivity contribution is -0.225. The first-order chi connectivity index (χ1) is 7.04. The number of furan rings is 1. The highest BCUT2D eigenvalue weighted by Gasteiger charge is 2.39. The van der Waals surface area contributed by atoms with Crippen molar-refractivity contribution in [2.75, 3.05) is 6.54 Å². The summed E-state index contributed by atoms with van der Waals surface area (Å²) in [6.45, 7) is -0.264. The normalized spacial score (nSPS) is 14.1. The van der Waals surface area contributed by atoms with Crippen LogP contribution < -0.4 is 5.73 Å². The van der Waals surface area contributed by atoms with Gasteiger partial charge in [-0.15, -0.1) is 0 Å². The maximum Gasteiger partial charge on any atom is 0.414 e. The molecule has 1 aromatic heterocycles. The van der Waals surface area contributed by atoms with Gasteiger partial charge in [-0.2, -0.15) is 13.2 Å². The molecule has 15 heavy (non-hydrogen) atoms. The topological polar surface area (TPSA) is 48.4 Å². The summed E-state index contributed by atoms with van der Waals surface area (Å²) in [4.78, 5) is 0. The van der Waals surface area contributed by atoms with Crippen molar-refractivity contribution in [3.8, 4) is 0 Å². The monoisotopic (exact) mass is 223 g/mol. The van der Waals surface area contributed by atoms with Crippen LogP contribution in [-0.2, 0) is 11.3 Å². The zero-order valence-corrected chi connectivity index (χ0v) is 7.96. The zero-order valence-electron chi connectivity index (χ0n) is 7.96. The van der Waals surface area contributed by atoms with Crippen LogP contribution in [0.15, 0.2) is 22.8 Å².